The van der Waals surface area contributed by atoms with Crippen LogP contribution >= 0.6 is 0 Å². The molecule has 0 radical (unpaired) electrons. The van der Waals surface area contributed by atoms with E-state index in [0.29, 0.717) is 43.0 Å². The van der Waals surface area contributed by atoms with Crippen molar-refractivity contribution in [2.24, 2.45) is 0 Å². The molecule has 0 saturated carbocycles. The Bertz CT molecular complexity index is 1540. The molecule has 39 heavy (non-hydrogen) atoms. The number of alkyl halides is 3. The summed E-state index contributed by atoms with van der Waals surface area (Å²) in [6.07, 6.45) is -2.08. The minimum Gasteiger partial charge on any atom is -0.382 e. The van der Waals surface area contributed by atoms with E-state index in [4.69, 9.17) is 15.6 Å². The summed E-state index contributed by atoms with van der Waals surface area (Å²) in [5, 5.41) is 7.86. The summed E-state index contributed by atoms with van der Waals surface area (Å²) in [4.78, 5) is 34.7. The summed E-state index contributed by atoms with van der Waals surface area (Å²) in [6.45, 7) is 3.04. The van der Waals surface area contributed by atoms with Gasteiger partial charge < -0.3 is 20.7 Å². The molecule has 1 aromatic carbocycles. The van der Waals surface area contributed by atoms with E-state index < -0.39 is 23.8 Å². The lowest BCUT2D eigenvalue weighted by atomic mass is 10.1. The molecule has 1 saturated heterocycles. The lowest BCUT2D eigenvalue weighted by Gasteiger charge is -2.32. The number of carbonyl (C=O) groups excluding carboxylic acids is 2. The largest absolute Gasteiger partial charge is 0.416 e. The van der Waals surface area contributed by atoms with Crippen molar-refractivity contribution in [3.05, 3.63) is 71.7 Å². The quantitative estimate of drug-likeness (QED) is 0.393. The fraction of sp³-hybridized carbons (Fsp3) is 0.269. The van der Waals surface area contributed by atoms with Gasteiger partial charge in [-0.05, 0) is 42.5 Å². The highest BCUT2D eigenvalue weighted by Crippen LogP contribution is 2.33. The van der Waals surface area contributed by atoms with Crippen molar-refractivity contribution >= 4 is 34.4 Å². The topological polar surface area (TPSA) is 128 Å². The minimum absolute atomic E-state index is 0.0300. The number of anilines is 2. The first-order valence-electron chi connectivity index (χ1n) is 12.1. The van der Waals surface area contributed by atoms with Crippen molar-refractivity contribution in [2.75, 3.05) is 30.7 Å². The summed E-state index contributed by atoms with van der Waals surface area (Å²) in [5.41, 5.74) is 7.21. The Labute approximate surface area is 220 Å². The maximum atomic E-state index is 13.0. The number of nitrogens with one attached hydrogen (secondary N) is 1. The number of hydrogen-bond acceptors (Lipinski definition) is 7. The van der Waals surface area contributed by atoms with Gasteiger partial charge in [0, 0.05) is 36.3 Å². The Morgan fingerprint density at radius 1 is 1.13 bits per heavy atom. The molecule has 0 bridgehead atoms. The van der Waals surface area contributed by atoms with Crippen molar-refractivity contribution in [2.45, 2.75) is 25.6 Å². The predicted octanol–water partition coefficient (Wildman–Crippen LogP) is 3.98. The molecule has 1 fully saturated rings. The van der Waals surface area contributed by atoms with Crippen LogP contribution in [0.5, 0.6) is 0 Å². The average molecular weight is 540 g/mol. The number of nitrogens with two attached hydrogens (primary N) is 1. The number of ether oxygens (including phenoxy) is 1. The van der Waals surface area contributed by atoms with Crippen LogP contribution in [0.4, 0.5) is 24.8 Å². The number of hydrogen-bond donors (Lipinski definition) is 2. The zero-order chi connectivity index (χ0) is 27.7. The Morgan fingerprint density at radius 2 is 1.87 bits per heavy atom. The van der Waals surface area contributed by atoms with E-state index in [1.165, 1.54) is 12.1 Å². The third-order valence-electron chi connectivity index (χ3n) is 6.38. The van der Waals surface area contributed by atoms with Crippen LogP contribution in [0.2, 0.25) is 0 Å². The van der Waals surface area contributed by atoms with Crippen LogP contribution in [0.15, 0.2) is 54.9 Å². The molecule has 2 amide bonds. The number of halogens is 3. The molecule has 4 heterocycles. The average Bonchev–Trinajstić information content (AvgIpc) is 3.33. The fourth-order valence-corrected chi connectivity index (χ4v) is 4.42. The number of amides is 2. The van der Waals surface area contributed by atoms with E-state index in [1.807, 2.05) is 6.92 Å². The molecule has 0 unspecified atom stereocenters. The standard InChI is InChI=1S/C26H24F3N7O3/c1-2-21(37)35-11-12-39-19(14-35)22-18-8-10-32-24(30)23(18)36(34-22)17-5-3-15(4-6-17)25(38)33-20-13-16(7-9-31-20)26(27,28)29/h3-10,13,19H,2,11-12,14H2,1H3,(H2,30,32)(H,31,33,38)/t19-/m1/s1. The van der Waals surface area contributed by atoms with Gasteiger partial charge in [-0.2, -0.15) is 18.3 Å². The van der Waals surface area contributed by atoms with Crippen LogP contribution in [0, 0.1) is 0 Å². The lowest BCUT2D eigenvalue weighted by Crippen LogP contribution is -2.42. The number of fused-ring (bicyclic) bond motifs is 1. The van der Waals surface area contributed by atoms with Gasteiger partial charge in [-0.1, -0.05) is 6.92 Å². The number of nitrogens with zero attached hydrogens (tertiary/aromatic N) is 5. The number of nitrogen functional groups attached to an aromatic ring is 1. The number of aromatic nitrogens is 4. The fourth-order valence-electron chi connectivity index (χ4n) is 4.42. The van der Waals surface area contributed by atoms with E-state index in [-0.39, 0.29) is 23.1 Å². The third-order valence-corrected chi connectivity index (χ3v) is 6.38. The molecule has 10 nitrogen and oxygen atoms in total. The Morgan fingerprint density at radius 3 is 2.59 bits per heavy atom. The molecule has 3 N–H and O–H groups in total. The maximum absolute atomic E-state index is 13.0. The molecule has 1 aliphatic rings. The summed E-state index contributed by atoms with van der Waals surface area (Å²) in [5.74, 6) is -0.580. The number of rotatable bonds is 5. The van der Waals surface area contributed by atoms with Gasteiger partial charge >= 0.3 is 6.18 Å². The maximum Gasteiger partial charge on any atom is 0.416 e. The lowest BCUT2D eigenvalue weighted by molar-refractivity contribution is -0.139. The summed E-state index contributed by atoms with van der Waals surface area (Å²) >= 11 is 0. The molecular formula is C26H24F3N7O3. The smallest absolute Gasteiger partial charge is 0.382 e. The van der Waals surface area contributed by atoms with Crippen molar-refractivity contribution in [1.29, 1.82) is 0 Å². The molecule has 5 rings (SSSR count). The predicted molar refractivity (Wildman–Crippen MR) is 136 cm³/mol. The van der Waals surface area contributed by atoms with Crippen LogP contribution < -0.4 is 11.1 Å². The Kier molecular flexibility index (Phi) is 6.91. The van der Waals surface area contributed by atoms with E-state index in [1.54, 1.807) is 34.0 Å². The van der Waals surface area contributed by atoms with Gasteiger partial charge in [0.05, 0.1) is 24.4 Å². The van der Waals surface area contributed by atoms with Gasteiger partial charge in [-0.15, -0.1) is 0 Å². The minimum atomic E-state index is -4.56. The monoisotopic (exact) mass is 539 g/mol. The molecule has 202 valence electrons. The van der Waals surface area contributed by atoms with E-state index in [9.17, 15) is 22.8 Å². The molecule has 4 aromatic rings. The zero-order valence-corrected chi connectivity index (χ0v) is 20.8. The van der Waals surface area contributed by atoms with Crippen LogP contribution in [0.1, 0.15) is 41.1 Å². The van der Waals surface area contributed by atoms with Crippen LogP contribution in [0.25, 0.3) is 16.6 Å². The second kappa shape index (κ2) is 10.3. The van der Waals surface area contributed by atoms with Crippen molar-refractivity contribution in [3.63, 3.8) is 0 Å². The van der Waals surface area contributed by atoms with Gasteiger partial charge in [0.1, 0.15) is 29.0 Å². The first kappa shape index (κ1) is 26.1. The first-order chi connectivity index (χ1) is 18.7. The van der Waals surface area contributed by atoms with Gasteiger partial charge in [0.2, 0.25) is 5.91 Å². The highest BCUT2D eigenvalue weighted by Gasteiger charge is 2.31. The molecule has 13 heteroatoms. The zero-order valence-electron chi connectivity index (χ0n) is 20.8. The first-order valence-corrected chi connectivity index (χ1v) is 12.1. The van der Waals surface area contributed by atoms with Crippen LogP contribution in [-0.2, 0) is 15.7 Å². The normalized spacial score (nSPS) is 15.9. The molecular weight excluding hydrogens is 515 g/mol. The van der Waals surface area contributed by atoms with E-state index in [0.717, 1.165) is 23.7 Å². The van der Waals surface area contributed by atoms with Crippen LogP contribution in [0.3, 0.4) is 0 Å². The van der Waals surface area contributed by atoms with E-state index >= 15 is 0 Å². The van der Waals surface area contributed by atoms with Crippen LogP contribution in [-0.4, -0.2) is 56.2 Å². The number of carbonyl (C=O) groups is 2. The second-order valence-corrected chi connectivity index (χ2v) is 8.87. The molecule has 1 aliphatic heterocycles. The van der Waals surface area contributed by atoms with Gasteiger partial charge in [-0.25, -0.2) is 14.6 Å². The number of pyridine rings is 2. The number of benzene rings is 1. The number of morpholine rings is 1. The Balaban J connectivity index is 1.43. The summed E-state index contributed by atoms with van der Waals surface area (Å²) < 4.78 is 46.5. The third kappa shape index (κ3) is 5.25. The van der Waals surface area contributed by atoms with Crippen molar-refractivity contribution in [1.82, 2.24) is 24.6 Å². The highest BCUT2D eigenvalue weighted by molar-refractivity contribution is 6.04. The molecule has 0 spiro atoms. The summed E-state index contributed by atoms with van der Waals surface area (Å²) in [7, 11) is 0. The van der Waals surface area contributed by atoms with Crippen molar-refractivity contribution in [3.8, 4) is 5.69 Å². The van der Waals surface area contributed by atoms with E-state index in [2.05, 4.69) is 15.3 Å². The SMILES string of the molecule is CCC(=O)N1CCO[C@@H](c2nn(-c3ccc(C(=O)Nc4cc(C(F)(F)F)ccn4)cc3)c3c(N)nccc23)C1. The molecule has 3 aromatic heterocycles. The van der Waals surface area contributed by atoms with Gasteiger partial charge in [-0.3, -0.25) is 9.59 Å². The second-order valence-electron chi connectivity index (χ2n) is 8.87. The Hall–Kier alpha value is -4.52. The molecule has 0 aliphatic carbocycles. The molecule has 1 atom stereocenters. The van der Waals surface area contributed by atoms with Gasteiger partial charge in [0.25, 0.3) is 5.91 Å². The van der Waals surface area contributed by atoms with Crippen molar-refractivity contribution < 1.29 is 27.5 Å². The van der Waals surface area contributed by atoms with Gasteiger partial charge in [0.15, 0.2) is 0 Å². The highest BCUT2D eigenvalue weighted by atomic mass is 19.4. The summed E-state index contributed by atoms with van der Waals surface area (Å²) in [6, 6.07) is 9.65.